The molecule has 2 aromatic carbocycles. The summed E-state index contributed by atoms with van der Waals surface area (Å²) in [7, 11) is -3.33. The molecular weight excluding hydrogens is 255 g/mol. The Hall–Kier alpha value is -1.88. The van der Waals surface area contributed by atoms with Crippen LogP contribution in [0.5, 0.6) is 5.75 Å². The summed E-state index contributed by atoms with van der Waals surface area (Å²) in [6.07, 6.45) is 1.10. The summed E-state index contributed by atoms with van der Waals surface area (Å²) in [5.74, 6) is -0.767. The van der Waals surface area contributed by atoms with Crippen LogP contribution in [0.1, 0.15) is 0 Å². The van der Waals surface area contributed by atoms with Crippen LogP contribution in [0.25, 0.3) is 11.1 Å². The van der Waals surface area contributed by atoms with Crippen molar-refractivity contribution in [1.82, 2.24) is 0 Å². The van der Waals surface area contributed by atoms with Crippen molar-refractivity contribution in [2.45, 2.75) is 4.90 Å². The molecule has 0 unspecified atom stereocenters. The highest BCUT2D eigenvalue weighted by Gasteiger charge is 2.11. The SMILES string of the molecule is CS(=O)(=O)c1cccc(-c2ccc(O)cc2F)c1. The Morgan fingerprint density at radius 3 is 2.44 bits per heavy atom. The third-order valence-electron chi connectivity index (χ3n) is 2.53. The van der Waals surface area contributed by atoms with E-state index in [0.717, 1.165) is 12.3 Å². The van der Waals surface area contributed by atoms with Crippen LogP contribution in [0.3, 0.4) is 0 Å². The molecule has 0 aliphatic rings. The monoisotopic (exact) mass is 266 g/mol. The van der Waals surface area contributed by atoms with Gasteiger partial charge in [0.1, 0.15) is 11.6 Å². The first-order valence-corrected chi connectivity index (χ1v) is 7.06. The molecule has 0 saturated carbocycles. The highest BCUT2D eigenvalue weighted by molar-refractivity contribution is 7.90. The second-order valence-corrected chi connectivity index (χ2v) is 5.98. The molecule has 0 heterocycles. The van der Waals surface area contributed by atoms with Crippen molar-refractivity contribution in [2.24, 2.45) is 0 Å². The van der Waals surface area contributed by atoms with Crippen LogP contribution >= 0.6 is 0 Å². The van der Waals surface area contributed by atoms with Gasteiger partial charge in [0.25, 0.3) is 0 Å². The quantitative estimate of drug-likeness (QED) is 0.909. The first kappa shape index (κ1) is 12.6. The molecule has 1 N–H and O–H groups in total. The van der Waals surface area contributed by atoms with Crippen LogP contribution in [0.4, 0.5) is 4.39 Å². The molecule has 2 rings (SSSR count). The number of sulfone groups is 1. The minimum absolute atomic E-state index is 0.132. The maximum absolute atomic E-state index is 13.7. The van der Waals surface area contributed by atoms with Crippen molar-refractivity contribution < 1.29 is 17.9 Å². The Bertz CT molecular complexity index is 693. The Morgan fingerprint density at radius 1 is 1.11 bits per heavy atom. The van der Waals surface area contributed by atoms with E-state index in [2.05, 4.69) is 0 Å². The molecule has 94 valence electrons. The van der Waals surface area contributed by atoms with E-state index in [1.54, 1.807) is 12.1 Å². The fraction of sp³-hybridized carbons (Fsp3) is 0.0769. The van der Waals surface area contributed by atoms with Crippen LogP contribution in [-0.4, -0.2) is 19.8 Å². The van der Waals surface area contributed by atoms with Crippen molar-refractivity contribution in [1.29, 1.82) is 0 Å². The molecule has 0 bridgehead atoms. The Morgan fingerprint density at radius 2 is 1.83 bits per heavy atom. The highest BCUT2D eigenvalue weighted by Crippen LogP contribution is 2.27. The first-order chi connectivity index (χ1) is 8.38. The lowest BCUT2D eigenvalue weighted by atomic mass is 10.1. The van der Waals surface area contributed by atoms with Gasteiger partial charge in [-0.15, -0.1) is 0 Å². The van der Waals surface area contributed by atoms with Crippen LogP contribution in [0.2, 0.25) is 0 Å². The van der Waals surface area contributed by atoms with E-state index >= 15 is 0 Å². The molecule has 5 heteroatoms. The number of phenolic OH excluding ortho intramolecular Hbond substituents is 1. The van der Waals surface area contributed by atoms with Crippen LogP contribution < -0.4 is 0 Å². The predicted octanol–water partition coefficient (Wildman–Crippen LogP) is 2.60. The second kappa shape index (κ2) is 4.42. The average Bonchev–Trinajstić information content (AvgIpc) is 2.28. The maximum atomic E-state index is 13.7. The lowest BCUT2D eigenvalue weighted by Crippen LogP contribution is -1.97. The summed E-state index contributed by atoms with van der Waals surface area (Å²) in [5.41, 5.74) is 0.703. The number of halogens is 1. The number of hydrogen-bond donors (Lipinski definition) is 1. The molecular formula is C13H11FO3S. The molecule has 2 aromatic rings. The molecule has 0 amide bonds. The Balaban J connectivity index is 2.58. The molecule has 0 spiro atoms. The molecule has 0 fully saturated rings. The van der Waals surface area contributed by atoms with Gasteiger partial charge in [-0.2, -0.15) is 0 Å². The van der Waals surface area contributed by atoms with Crippen LogP contribution in [0, 0.1) is 5.82 Å². The molecule has 0 radical (unpaired) electrons. The van der Waals surface area contributed by atoms with E-state index in [0.29, 0.717) is 5.56 Å². The number of benzene rings is 2. The smallest absolute Gasteiger partial charge is 0.175 e. The molecule has 18 heavy (non-hydrogen) atoms. The molecule has 0 aliphatic carbocycles. The van der Waals surface area contributed by atoms with Crippen molar-refractivity contribution in [2.75, 3.05) is 6.26 Å². The predicted molar refractivity (Wildman–Crippen MR) is 66.6 cm³/mol. The summed E-state index contributed by atoms with van der Waals surface area (Å²) >= 11 is 0. The van der Waals surface area contributed by atoms with E-state index in [-0.39, 0.29) is 16.2 Å². The summed E-state index contributed by atoms with van der Waals surface area (Å²) in [6.45, 7) is 0. The number of phenols is 1. The Kier molecular flexibility index (Phi) is 3.09. The molecule has 0 aromatic heterocycles. The van der Waals surface area contributed by atoms with Crippen LogP contribution in [0.15, 0.2) is 47.4 Å². The average molecular weight is 266 g/mol. The lowest BCUT2D eigenvalue weighted by molar-refractivity contribution is 0.469. The van der Waals surface area contributed by atoms with Gasteiger partial charge in [-0.1, -0.05) is 12.1 Å². The third-order valence-corrected chi connectivity index (χ3v) is 3.64. The van der Waals surface area contributed by atoms with Crippen molar-refractivity contribution >= 4 is 9.84 Å². The van der Waals surface area contributed by atoms with Gasteiger partial charge in [0.05, 0.1) is 4.90 Å². The lowest BCUT2D eigenvalue weighted by Gasteiger charge is -2.06. The van der Waals surface area contributed by atoms with Gasteiger partial charge < -0.3 is 5.11 Å². The number of hydrogen-bond acceptors (Lipinski definition) is 3. The largest absolute Gasteiger partial charge is 0.508 e. The van der Waals surface area contributed by atoms with Gasteiger partial charge >= 0.3 is 0 Å². The zero-order valence-corrected chi connectivity index (χ0v) is 10.4. The normalized spacial score (nSPS) is 11.4. The van der Waals surface area contributed by atoms with Gasteiger partial charge in [-0.3, -0.25) is 0 Å². The fourth-order valence-corrected chi connectivity index (χ4v) is 2.30. The molecule has 3 nitrogen and oxygen atoms in total. The van der Waals surface area contributed by atoms with Crippen molar-refractivity contribution in [3.05, 3.63) is 48.3 Å². The van der Waals surface area contributed by atoms with Crippen molar-refractivity contribution in [3.8, 4) is 16.9 Å². The van der Waals surface area contributed by atoms with E-state index < -0.39 is 15.7 Å². The first-order valence-electron chi connectivity index (χ1n) is 5.17. The number of aromatic hydroxyl groups is 1. The fourth-order valence-electron chi connectivity index (χ4n) is 1.63. The zero-order valence-electron chi connectivity index (χ0n) is 9.59. The van der Waals surface area contributed by atoms with Gasteiger partial charge in [-0.05, 0) is 29.8 Å². The van der Waals surface area contributed by atoms with E-state index in [4.69, 9.17) is 5.11 Å². The van der Waals surface area contributed by atoms with E-state index in [1.165, 1.54) is 24.3 Å². The van der Waals surface area contributed by atoms with Crippen LogP contribution in [-0.2, 0) is 9.84 Å². The van der Waals surface area contributed by atoms with Crippen molar-refractivity contribution in [3.63, 3.8) is 0 Å². The second-order valence-electron chi connectivity index (χ2n) is 3.96. The summed E-state index contributed by atoms with van der Waals surface area (Å²) in [6, 6.07) is 9.78. The van der Waals surface area contributed by atoms with Gasteiger partial charge in [-0.25, -0.2) is 12.8 Å². The van der Waals surface area contributed by atoms with Gasteiger partial charge in [0.15, 0.2) is 9.84 Å². The third kappa shape index (κ3) is 2.51. The van der Waals surface area contributed by atoms with E-state index in [1.807, 2.05) is 0 Å². The highest BCUT2D eigenvalue weighted by atomic mass is 32.2. The van der Waals surface area contributed by atoms with Gasteiger partial charge in [0, 0.05) is 17.9 Å². The summed E-state index contributed by atoms with van der Waals surface area (Å²) in [4.78, 5) is 0.132. The molecule has 0 aliphatic heterocycles. The minimum atomic E-state index is -3.33. The topological polar surface area (TPSA) is 54.4 Å². The summed E-state index contributed by atoms with van der Waals surface area (Å²) in [5, 5.41) is 9.13. The summed E-state index contributed by atoms with van der Waals surface area (Å²) < 4.78 is 36.5. The molecule has 0 saturated heterocycles. The van der Waals surface area contributed by atoms with E-state index in [9.17, 15) is 12.8 Å². The number of rotatable bonds is 2. The Labute approximate surface area is 104 Å². The zero-order chi connectivity index (χ0) is 13.3. The maximum Gasteiger partial charge on any atom is 0.175 e. The van der Waals surface area contributed by atoms with Gasteiger partial charge in [0.2, 0.25) is 0 Å². The molecule has 0 atom stereocenters. The minimum Gasteiger partial charge on any atom is -0.508 e. The standard InChI is InChI=1S/C13H11FO3S/c1-18(16,17)11-4-2-3-9(7-11)12-6-5-10(15)8-13(12)14/h2-8,15H,1H3.